The topological polar surface area (TPSA) is 46.9 Å². The minimum Gasteiger partial charge on any atom is -0.307 e. The normalized spacial score (nSPS) is 10.8. The molecular formula is C13H13ClFN3O. The van der Waals surface area contributed by atoms with E-state index >= 15 is 0 Å². The Morgan fingerprint density at radius 3 is 2.79 bits per heavy atom. The molecule has 0 radical (unpaired) electrons. The maximum absolute atomic E-state index is 13.6. The number of carbonyl (C=O) groups is 1. The van der Waals surface area contributed by atoms with Gasteiger partial charge in [-0.05, 0) is 32.0 Å². The van der Waals surface area contributed by atoms with E-state index in [0.717, 1.165) is 6.07 Å². The summed E-state index contributed by atoms with van der Waals surface area (Å²) in [5, 5.41) is 6.96. The number of nitrogens with one attached hydrogen (secondary N) is 1. The zero-order chi connectivity index (χ0) is 14.0. The maximum Gasteiger partial charge on any atom is 0.259 e. The molecule has 0 atom stereocenters. The highest BCUT2D eigenvalue weighted by molar-refractivity contribution is 6.30. The Balaban J connectivity index is 2.23. The molecule has 0 fully saturated rings. The van der Waals surface area contributed by atoms with E-state index in [1.807, 2.05) is 13.8 Å². The van der Waals surface area contributed by atoms with Gasteiger partial charge >= 0.3 is 0 Å². The van der Waals surface area contributed by atoms with Crippen molar-refractivity contribution in [2.24, 2.45) is 0 Å². The fourth-order valence-electron chi connectivity index (χ4n) is 1.68. The monoisotopic (exact) mass is 281 g/mol. The summed E-state index contributed by atoms with van der Waals surface area (Å²) >= 11 is 5.65. The van der Waals surface area contributed by atoms with Gasteiger partial charge in [-0.25, -0.2) is 9.07 Å². The van der Waals surface area contributed by atoms with E-state index in [-0.39, 0.29) is 16.6 Å². The number of aromatic nitrogens is 2. The van der Waals surface area contributed by atoms with Crippen molar-refractivity contribution in [2.45, 2.75) is 19.9 Å². The average Bonchev–Trinajstić information content (AvgIpc) is 2.76. The van der Waals surface area contributed by atoms with Crippen LogP contribution in [-0.2, 0) is 0 Å². The lowest BCUT2D eigenvalue weighted by molar-refractivity contribution is 0.102. The summed E-state index contributed by atoms with van der Waals surface area (Å²) in [7, 11) is 0. The number of amides is 1. The molecule has 100 valence electrons. The van der Waals surface area contributed by atoms with Crippen LogP contribution in [0.25, 0.3) is 0 Å². The van der Waals surface area contributed by atoms with Crippen molar-refractivity contribution in [3.63, 3.8) is 0 Å². The van der Waals surface area contributed by atoms with Gasteiger partial charge in [0.1, 0.15) is 11.6 Å². The van der Waals surface area contributed by atoms with Crippen molar-refractivity contribution in [2.75, 3.05) is 5.32 Å². The summed E-state index contributed by atoms with van der Waals surface area (Å²) in [6, 6.07) is 5.69. The molecule has 1 amide bonds. The number of carbonyl (C=O) groups excluding carboxylic acids is 1. The molecule has 0 saturated carbocycles. The molecule has 1 aromatic heterocycles. The van der Waals surface area contributed by atoms with E-state index in [2.05, 4.69) is 10.4 Å². The van der Waals surface area contributed by atoms with Crippen molar-refractivity contribution in [1.82, 2.24) is 9.78 Å². The number of nitrogens with zero attached hydrogens (tertiary/aromatic N) is 2. The van der Waals surface area contributed by atoms with Gasteiger partial charge in [0.2, 0.25) is 0 Å². The summed E-state index contributed by atoms with van der Waals surface area (Å²) in [4.78, 5) is 12.0. The largest absolute Gasteiger partial charge is 0.307 e. The van der Waals surface area contributed by atoms with Crippen molar-refractivity contribution >= 4 is 23.3 Å². The van der Waals surface area contributed by atoms with Gasteiger partial charge in [0.05, 0.1) is 11.8 Å². The van der Waals surface area contributed by atoms with Gasteiger partial charge < -0.3 is 5.32 Å². The van der Waals surface area contributed by atoms with Crippen LogP contribution in [0.1, 0.15) is 30.2 Å². The summed E-state index contributed by atoms with van der Waals surface area (Å²) in [5.74, 6) is -0.661. The van der Waals surface area contributed by atoms with Crippen LogP contribution in [0.2, 0.25) is 5.02 Å². The van der Waals surface area contributed by atoms with E-state index in [1.165, 1.54) is 12.1 Å². The van der Waals surface area contributed by atoms with Crippen LogP contribution in [0.5, 0.6) is 0 Å². The van der Waals surface area contributed by atoms with Crippen LogP contribution >= 0.6 is 11.6 Å². The van der Waals surface area contributed by atoms with E-state index in [0.29, 0.717) is 5.82 Å². The smallest absolute Gasteiger partial charge is 0.259 e. The fraction of sp³-hybridized carbons (Fsp3) is 0.231. The van der Waals surface area contributed by atoms with Gasteiger partial charge in [-0.15, -0.1) is 0 Å². The predicted octanol–water partition coefficient (Wildman–Crippen LogP) is 3.51. The summed E-state index contributed by atoms with van der Waals surface area (Å²) < 4.78 is 15.3. The average molecular weight is 282 g/mol. The zero-order valence-electron chi connectivity index (χ0n) is 10.5. The summed E-state index contributed by atoms with van der Waals surface area (Å²) in [6.45, 7) is 3.87. The minimum atomic E-state index is -0.652. The Labute approximate surface area is 115 Å². The lowest BCUT2D eigenvalue weighted by Gasteiger charge is -2.12. The third-order valence-corrected chi connectivity index (χ3v) is 2.81. The lowest BCUT2D eigenvalue weighted by Crippen LogP contribution is -2.17. The third-order valence-electron chi connectivity index (χ3n) is 2.58. The molecule has 0 unspecified atom stereocenters. The predicted molar refractivity (Wildman–Crippen MR) is 72.0 cm³/mol. The first-order valence-corrected chi connectivity index (χ1v) is 6.16. The highest BCUT2D eigenvalue weighted by Gasteiger charge is 2.15. The highest BCUT2D eigenvalue weighted by atomic mass is 35.5. The van der Waals surface area contributed by atoms with Gasteiger partial charge in [0.25, 0.3) is 5.91 Å². The van der Waals surface area contributed by atoms with Crippen LogP contribution in [0, 0.1) is 5.82 Å². The Kier molecular flexibility index (Phi) is 3.85. The van der Waals surface area contributed by atoms with Gasteiger partial charge in [-0.1, -0.05) is 11.6 Å². The maximum atomic E-state index is 13.6. The SMILES string of the molecule is CC(C)n1nccc1NC(=O)c1ccc(Cl)cc1F. The molecule has 0 aliphatic carbocycles. The van der Waals surface area contributed by atoms with Crippen molar-refractivity contribution in [3.05, 3.63) is 46.9 Å². The molecule has 2 rings (SSSR count). The van der Waals surface area contributed by atoms with Gasteiger partial charge in [-0.2, -0.15) is 5.10 Å². The third kappa shape index (κ3) is 2.93. The van der Waals surface area contributed by atoms with Crippen molar-refractivity contribution in [3.8, 4) is 0 Å². The number of halogens is 2. The van der Waals surface area contributed by atoms with Crippen LogP contribution < -0.4 is 5.32 Å². The molecule has 0 aliphatic heterocycles. The van der Waals surface area contributed by atoms with E-state index in [9.17, 15) is 9.18 Å². The Morgan fingerprint density at radius 1 is 1.42 bits per heavy atom. The number of benzene rings is 1. The van der Waals surface area contributed by atoms with Crippen LogP contribution in [0.15, 0.2) is 30.5 Å². The molecule has 1 N–H and O–H groups in total. The first kappa shape index (κ1) is 13.5. The molecule has 0 bridgehead atoms. The van der Waals surface area contributed by atoms with Crippen molar-refractivity contribution in [1.29, 1.82) is 0 Å². The van der Waals surface area contributed by atoms with E-state index in [4.69, 9.17) is 11.6 Å². The van der Waals surface area contributed by atoms with Gasteiger partial charge in [-0.3, -0.25) is 4.79 Å². The molecule has 0 saturated heterocycles. The number of hydrogen-bond donors (Lipinski definition) is 1. The second kappa shape index (κ2) is 5.40. The van der Waals surface area contributed by atoms with Crippen LogP contribution in [-0.4, -0.2) is 15.7 Å². The second-order valence-corrected chi connectivity index (χ2v) is 4.77. The molecule has 0 spiro atoms. The summed E-state index contributed by atoms with van der Waals surface area (Å²) in [5.41, 5.74) is -0.0547. The Morgan fingerprint density at radius 2 is 2.16 bits per heavy atom. The second-order valence-electron chi connectivity index (χ2n) is 4.33. The molecule has 4 nitrogen and oxygen atoms in total. The van der Waals surface area contributed by atoms with Gasteiger partial charge in [0.15, 0.2) is 0 Å². The Hall–Kier alpha value is -1.88. The van der Waals surface area contributed by atoms with Crippen LogP contribution in [0.4, 0.5) is 10.2 Å². The highest BCUT2D eigenvalue weighted by Crippen LogP contribution is 2.18. The first-order chi connectivity index (χ1) is 8.99. The number of hydrogen-bond acceptors (Lipinski definition) is 2. The van der Waals surface area contributed by atoms with Crippen molar-refractivity contribution < 1.29 is 9.18 Å². The fourth-order valence-corrected chi connectivity index (χ4v) is 1.84. The molecule has 19 heavy (non-hydrogen) atoms. The zero-order valence-corrected chi connectivity index (χ0v) is 11.3. The lowest BCUT2D eigenvalue weighted by atomic mass is 10.2. The molecule has 1 heterocycles. The standard InChI is InChI=1S/C13H13ClFN3O/c1-8(2)18-12(5-6-16-18)17-13(19)10-4-3-9(14)7-11(10)15/h3-8H,1-2H3,(H,17,19). The number of rotatable bonds is 3. The molecule has 6 heteroatoms. The van der Waals surface area contributed by atoms with E-state index in [1.54, 1.807) is 16.9 Å². The minimum absolute atomic E-state index is 0.0547. The van der Waals surface area contributed by atoms with Crippen LogP contribution in [0.3, 0.4) is 0 Å². The molecule has 2 aromatic rings. The van der Waals surface area contributed by atoms with E-state index < -0.39 is 11.7 Å². The number of anilines is 1. The van der Waals surface area contributed by atoms with Gasteiger partial charge in [0, 0.05) is 17.1 Å². The first-order valence-electron chi connectivity index (χ1n) is 5.79. The molecule has 1 aromatic carbocycles. The molecule has 0 aliphatic rings. The Bertz CT molecular complexity index is 610. The quantitative estimate of drug-likeness (QED) is 0.936. The molecular weight excluding hydrogens is 269 g/mol. The summed E-state index contributed by atoms with van der Waals surface area (Å²) in [6.07, 6.45) is 1.58.